The number of hydrogen-bond donors (Lipinski definition) is 1. The maximum absolute atomic E-state index is 12.9. The van der Waals surface area contributed by atoms with E-state index in [1.807, 2.05) is 9.95 Å². The van der Waals surface area contributed by atoms with Crippen molar-refractivity contribution in [2.24, 2.45) is 4.99 Å². The van der Waals surface area contributed by atoms with Crippen molar-refractivity contribution in [2.45, 2.75) is 46.1 Å². The van der Waals surface area contributed by atoms with Crippen LogP contribution in [0.4, 0.5) is 0 Å². The van der Waals surface area contributed by atoms with Crippen LogP contribution < -0.4 is 10.1 Å². The fourth-order valence-electron chi connectivity index (χ4n) is 3.44. The van der Waals surface area contributed by atoms with Gasteiger partial charge in [-0.05, 0) is 35.1 Å². The number of thiazole rings is 1. The molecule has 35 heavy (non-hydrogen) atoms. The van der Waals surface area contributed by atoms with E-state index < -0.39 is 11.9 Å². The van der Waals surface area contributed by atoms with Crippen molar-refractivity contribution < 1.29 is 19.1 Å². The van der Waals surface area contributed by atoms with Crippen molar-refractivity contribution in [1.82, 2.24) is 14.9 Å². The molecule has 184 valence electrons. The highest BCUT2D eigenvalue weighted by Crippen LogP contribution is 2.26. The van der Waals surface area contributed by atoms with Crippen molar-refractivity contribution in [3.05, 3.63) is 69.6 Å². The third-order valence-corrected chi connectivity index (χ3v) is 6.24. The molecule has 2 amide bonds. The first-order valence-corrected chi connectivity index (χ1v) is 12.1. The number of aromatic nitrogens is 2. The topological polar surface area (TPSA) is 103 Å². The minimum Gasteiger partial charge on any atom is -0.464 e. The van der Waals surface area contributed by atoms with Crippen LogP contribution in [0.1, 0.15) is 60.5 Å². The number of pyridine rings is 1. The molecule has 0 aliphatic heterocycles. The normalized spacial score (nSPS) is 11.9. The predicted molar refractivity (Wildman–Crippen MR) is 135 cm³/mol. The second-order valence-electron chi connectivity index (χ2n) is 9.06. The van der Waals surface area contributed by atoms with Crippen molar-refractivity contribution in [3.63, 3.8) is 0 Å². The van der Waals surface area contributed by atoms with E-state index in [1.165, 1.54) is 49.3 Å². The summed E-state index contributed by atoms with van der Waals surface area (Å²) >= 11 is 1.36. The summed E-state index contributed by atoms with van der Waals surface area (Å²) in [5.41, 5.74) is 3.52. The molecule has 1 aromatic carbocycles. The summed E-state index contributed by atoms with van der Waals surface area (Å²) in [6.07, 6.45) is 2.06. The Labute approximate surface area is 208 Å². The summed E-state index contributed by atoms with van der Waals surface area (Å²) in [4.78, 5) is 44.8. The van der Waals surface area contributed by atoms with E-state index in [4.69, 9.17) is 0 Å². The van der Waals surface area contributed by atoms with Gasteiger partial charge in [0.05, 0.1) is 12.8 Å². The largest absolute Gasteiger partial charge is 0.464 e. The van der Waals surface area contributed by atoms with E-state index in [0.717, 1.165) is 11.3 Å². The van der Waals surface area contributed by atoms with Gasteiger partial charge in [-0.2, -0.15) is 4.99 Å². The van der Waals surface area contributed by atoms with Gasteiger partial charge in [0, 0.05) is 37.2 Å². The Hall–Kier alpha value is -3.59. The Morgan fingerprint density at radius 1 is 1.14 bits per heavy atom. The van der Waals surface area contributed by atoms with E-state index in [-0.39, 0.29) is 22.6 Å². The van der Waals surface area contributed by atoms with Crippen molar-refractivity contribution in [3.8, 4) is 11.3 Å². The lowest BCUT2D eigenvalue weighted by Crippen LogP contribution is -2.24. The lowest BCUT2D eigenvalue weighted by molar-refractivity contribution is -0.118. The van der Waals surface area contributed by atoms with E-state index in [0.29, 0.717) is 24.3 Å². The first-order chi connectivity index (χ1) is 16.6. The number of carbonyl (C=O) groups is 3. The maximum atomic E-state index is 12.9. The van der Waals surface area contributed by atoms with Crippen LogP contribution in [0.25, 0.3) is 11.3 Å². The minimum atomic E-state index is -0.621. The first kappa shape index (κ1) is 26.0. The number of ether oxygens (including phenoxy) is 1. The van der Waals surface area contributed by atoms with Crippen LogP contribution in [-0.2, 0) is 21.5 Å². The molecule has 0 saturated heterocycles. The van der Waals surface area contributed by atoms with Crippen LogP contribution in [-0.4, -0.2) is 41.0 Å². The monoisotopic (exact) mass is 494 g/mol. The zero-order valence-electron chi connectivity index (χ0n) is 20.6. The van der Waals surface area contributed by atoms with Crippen molar-refractivity contribution in [2.75, 3.05) is 13.7 Å². The summed E-state index contributed by atoms with van der Waals surface area (Å²) in [6, 6.07) is 11.3. The fraction of sp³-hybridized carbons (Fsp3) is 0.346. The van der Waals surface area contributed by atoms with Crippen molar-refractivity contribution >= 4 is 29.1 Å². The Kier molecular flexibility index (Phi) is 8.34. The third kappa shape index (κ3) is 6.73. The summed E-state index contributed by atoms with van der Waals surface area (Å²) in [7, 11) is 1.26. The number of rotatable bonds is 7. The Morgan fingerprint density at radius 2 is 1.86 bits per heavy atom. The van der Waals surface area contributed by atoms with Gasteiger partial charge in [0.2, 0.25) is 5.91 Å². The molecule has 3 rings (SSSR count). The number of nitrogens with one attached hydrogen (secondary N) is 1. The molecule has 0 bridgehead atoms. The van der Waals surface area contributed by atoms with E-state index in [9.17, 15) is 14.4 Å². The number of nitrogens with zero attached hydrogens (tertiary/aromatic N) is 3. The highest BCUT2D eigenvalue weighted by atomic mass is 32.1. The first-order valence-electron chi connectivity index (χ1n) is 11.3. The average Bonchev–Trinajstić information content (AvgIpc) is 3.22. The highest BCUT2D eigenvalue weighted by Gasteiger charge is 2.16. The second-order valence-corrected chi connectivity index (χ2v) is 9.89. The summed E-state index contributed by atoms with van der Waals surface area (Å²) in [5.74, 6) is -1.19. The molecule has 2 heterocycles. The van der Waals surface area contributed by atoms with Gasteiger partial charge in [-0.15, -0.1) is 11.3 Å². The minimum absolute atomic E-state index is 0.0437. The molecule has 9 heteroatoms. The Bertz CT molecular complexity index is 1280. The number of methoxy groups -OCH3 is 1. The standard InChI is InChI=1S/C26H30N4O4S/c1-17(31)27-12-6-14-30-22(18-7-9-20(10-8-18)26(2,3)4)16-35-25(30)29-23(32)19-11-13-28-21(15-19)24(33)34-5/h7-11,13,15-16H,6,12,14H2,1-5H3,(H,27,31). The van der Waals surface area contributed by atoms with Gasteiger partial charge in [0.25, 0.3) is 5.91 Å². The molecule has 0 fully saturated rings. The molecule has 3 aromatic rings. The lowest BCUT2D eigenvalue weighted by Gasteiger charge is -2.19. The van der Waals surface area contributed by atoms with Crippen LogP contribution >= 0.6 is 11.3 Å². The zero-order valence-corrected chi connectivity index (χ0v) is 21.4. The SMILES string of the molecule is COC(=O)c1cc(C(=O)N=c2scc(-c3ccc(C(C)(C)C)cc3)n2CCCNC(C)=O)ccn1. The van der Waals surface area contributed by atoms with Gasteiger partial charge in [-0.3, -0.25) is 9.59 Å². The smallest absolute Gasteiger partial charge is 0.356 e. The quantitative estimate of drug-likeness (QED) is 0.396. The van der Waals surface area contributed by atoms with Gasteiger partial charge < -0.3 is 14.6 Å². The van der Waals surface area contributed by atoms with Gasteiger partial charge >= 0.3 is 5.97 Å². The Balaban J connectivity index is 1.98. The molecule has 0 spiro atoms. The molecule has 8 nitrogen and oxygen atoms in total. The van der Waals surface area contributed by atoms with Gasteiger partial charge in [-0.1, -0.05) is 45.0 Å². The Morgan fingerprint density at radius 3 is 2.49 bits per heavy atom. The molecule has 0 unspecified atom stereocenters. The molecule has 0 aliphatic rings. The molecule has 0 radical (unpaired) electrons. The number of hydrogen-bond acceptors (Lipinski definition) is 6. The van der Waals surface area contributed by atoms with Gasteiger partial charge in [0.1, 0.15) is 5.69 Å². The number of carbonyl (C=O) groups excluding carboxylic acids is 3. The van der Waals surface area contributed by atoms with Crippen LogP contribution in [0, 0.1) is 0 Å². The number of benzene rings is 1. The van der Waals surface area contributed by atoms with Gasteiger partial charge in [0.15, 0.2) is 4.80 Å². The molecule has 0 atom stereocenters. The van der Waals surface area contributed by atoms with Crippen LogP contribution in [0.3, 0.4) is 0 Å². The van der Waals surface area contributed by atoms with Crippen LogP contribution in [0.5, 0.6) is 0 Å². The van der Waals surface area contributed by atoms with E-state index >= 15 is 0 Å². The summed E-state index contributed by atoms with van der Waals surface area (Å²) in [5, 5.41) is 4.78. The molecule has 0 saturated carbocycles. The second kappa shape index (κ2) is 11.2. The number of amides is 2. The maximum Gasteiger partial charge on any atom is 0.356 e. The number of esters is 1. The summed E-state index contributed by atoms with van der Waals surface area (Å²) in [6.45, 7) is 9.07. The van der Waals surface area contributed by atoms with E-state index in [1.54, 1.807) is 0 Å². The highest BCUT2D eigenvalue weighted by molar-refractivity contribution is 7.07. The molecule has 2 aromatic heterocycles. The van der Waals surface area contributed by atoms with Crippen LogP contribution in [0.15, 0.2) is 53.0 Å². The summed E-state index contributed by atoms with van der Waals surface area (Å²) < 4.78 is 6.67. The molecular weight excluding hydrogens is 464 g/mol. The molecule has 1 N–H and O–H groups in total. The van der Waals surface area contributed by atoms with E-state index in [2.05, 4.69) is 65.1 Å². The average molecular weight is 495 g/mol. The lowest BCUT2D eigenvalue weighted by atomic mass is 9.86. The van der Waals surface area contributed by atoms with Crippen LogP contribution in [0.2, 0.25) is 0 Å². The zero-order chi connectivity index (χ0) is 25.6. The third-order valence-electron chi connectivity index (χ3n) is 5.38. The molecular formula is C26H30N4O4S. The predicted octanol–water partition coefficient (Wildman–Crippen LogP) is 3.96. The molecule has 0 aliphatic carbocycles. The fourth-order valence-corrected chi connectivity index (χ4v) is 4.37. The van der Waals surface area contributed by atoms with Crippen molar-refractivity contribution in [1.29, 1.82) is 0 Å². The van der Waals surface area contributed by atoms with Gasteiger partial charge in [-0.25, -0.2) is 9.78 Å².